The summed E-state index contributed by atoms with van der Waals surface area (Å²) in [6.07, 6.45) is 2.73. The van der Waals surface area contributed by atoms with Crippen molar-refractivity contribution in [2.24, 2.45) is 4.99 Å². The van der Waals surface area contributed by atoms with Gasteiger partial charge in [-0.15, -0.1) is 0 Å². The Labute approximate surface area is 137 Å². The molecule has 3 N–H and O–H groups in total. The molecule has 0 aliphatic heterocycles. The quantitative estimate of drug-likeness (QED) is 0.531. The van der Waals surface area contributed by atoms with E-state index in [4.69, 9.17) is 9.47 Å². The lowest BCUT2D eigenvalue weighted by molar-refractivity contribution is -0.0235. The molecule has 1 saturated carbocycles. The number of nitrogens with one attached hydrogen (secondary N) is 2. The first-order valence-electron chi connectivity index (χ1n) is 8.19. The summed E-state index contributed by atoms with van der Waals surface area (Å²) < 4.78 is 10.9. The molecule has 0 amide bonds. The highest BCUT2D eigenvalue weighted by molar-refractivity contribution is 5.94. The van der Waals surface area contributed by atoms with E-state index in [0.717, 1.165) is 31.5 Å². The van der Waals surface area contributed by atoms with Crippen LogP contribution in [0.15, 0.2) is 23.2 Å². The smallest absolute Gasteiger partial charge is 0.195 e. The second kappa shape index (κ2) is 8.06. The Morgan fingerprint density at radius 3 is 2.65 bits per heavy atom. The largest absolute Gasteiger partial charge is 0.493 e. The van der Waals surface area contributed by atoms with Crippen LogP contribution in [0, 0.1) is 0 Å². The summed E-state index contributed by atoms with van der Waals surface area (Å²) in [4.78, 5) is 4.49. The molecule has 0 saturated heterocycles. The molecule has 0 radical (unpaired) electrons. The molecule has 0 heterocycles. The number of anilines is 1. The molecule has 1 fully saturated rings. The highest BCUT2D eigenvalue weighted by Crippen LogP contribution is 2.32. The number of aliphatic hydroxyl groups is 1. The maximum atomic E-state index is 10.2. The molecule has 0 spiro atoms. The third-order valence-electron chi connectivity index (χ3n) is 3.89. The van der Waals surface area contributed by atoms with E-state index in [0.29, 0.717) is 30.6 Å². The van der Waals surface area contributed by atoms with Crippen molar-refractivity contribution in [1.82, 2.24) is 5.32 Å². The lowest BCUT2D eigenvalue weighted by Gasteiger charge is -2.35. The topological polar surface area (TPSA) is 75.1 Å². The van der Waals surface area contributed by atoms with Crippen molar-refractivity contribution < 1.29 is 14.6 Å². The average Bonchev–Trinajstić information content (AvgIpc) is 2.52. The second-order valence-corrected chi connectivity index (χ2v) is 5.70. The number of aliphatic imine (C=N–C) groups is 1. The molecule has 128 valence electrons. The van der Waals surface area contributed by atoms with Gasteiger partial charge >= 0.3 is 0 Å². The fourth-order valence-electron chi connectivity index (χ4n) is 2.44. The maximum Gasteiger partial charge on any atom is 0.195 e. The zero-order valence-electron chi connectivity index (χ0n) is 14.2. The molecular formula is C17H27N3O3. The molecule has 2 rings (SSSR count). The van der Waals surface area contributed by atoms with Gasteiger partial charge in [-0.05, 0) is 45.2 Å². The molecule has 1 aromatic rings. The van der Waals surface area contributed by atoms with E-state index < -0.39 is 5.60 Å². The summed E-state index contributed by atoms with van der Waals surface area (Å²) in [7, 11) is 1.62. The van der Waals surface area contributed by atoms with Crippen molar-refractivity contribution in [2.75, 3.05) is 32.1 Å². The van der Waals surface area contributed by atoms with Crippen molar-refractivity contribution in [2.45, 2.75) is 38.7 Å². The van der Waals surface area contributed by atoms with Gasteiger partial charge in [-0.3, -0.25) is 4.99 Å². The van der Waals surface area contributed by atoms with Gasteiger partial charge in [0.2, 0.25) is 0 Å². The third-order valence-corrected chi connectivity index (χ3v) is 3.89. The highest BCUT2D eigenvalue weighted by atomic mass is 16.5. The fourth-order valence-corrected chi connectivity index (χ4v) is 2.44. The SMILES string of the molecule is CCNC(=NCC1(O)CCC1)Nc1ccc(OC)c(OCC)c1. The van der Waals surface area contributed by atoms with Gasteiger partial charge in [0.1, 0.15) is 0 Å². The molecular weight excluding hydrogens is 294 g/mol. The van der Waals surface area contributed by atoms with Gasteiger partial charge in [-0.25, -0.2) is 0 Å². The van der Waals surface area contributed by atoms with Gasteiger partial charge in [0.15, 0.2) is 17.5 Å². The second-order valence-electron chi connectivity index (χ2n) is 5.70. The zero-order chi connectivity index (χ0) is 16.7. The molecule has 0 atom stereocenters. The molecule has 1 aromatic carbocycles. The van der Waals surface area contributed by atoms with Gasteiger partial charge in [0.05, 0.1) is 25.9 Å². The molecule has 0 bridgehead atoms. The molecule has 6 nitrogen and oxygen atoms in total. The normalized spacial score (nSPS) is 16.4. The van der Waals surface area contributed by atoms with E-state index in [9.17, 15) is 5.11 Å². The van der Waals surface area contributed by atoms with Crippen LogP contribution in [-0.4, -0.2) is 43.5 Å². The van der Waals surface area contributed by atoms with Crippen LogP contribution in [0.3, 0.4) is 0 Å². The number of hydrogen-bond donors (Lipinski definition) is 3. The maximum absolute atomic E-state index is 10.2. The molecule has 0 aromatic heterocycles. The number of nitrogens with zero attached hydrogens (tertiary/aromatic N) is 1. The standard InChI is InChI=1S/C17H27N3O3/c1-4-18-16(19-12-17(21)9-6-10-17)20-13-7-8-14(22-3)15(11-13)23-5-2/h7-8,11,21H,4-6,9-10,12H2,1-3H3,(H2,18,19,20). The van der Waals surface area contributed by atoms with Gasteiger partial charge < -0.3 is 25.2 Å². The Morgan fingerprint density at radius 1 is 1.30 bits per heavy atom. The molecule has 1 aliphatic rings. The van der Waals surface area contributed by atoms with E-state index >= 15 is 0 Å². The van der Waals surface area contributed by atoms with E-state index in [1.54, 1.807) is 7.11 Å². The fraction of sp³-hybridized carbons (Fsp3) is 0.588. The van der Waals surface area contributed by atoms with E-state index in [-0.39, 0.29) is 0 Å². The minimum atomic E-state index is -0.626. The lowest BCUT2D eigenvalue weighted by atomic mass is 9.80. The number of methoxy groups -OCH3 is 1. The number of hydrogen-bond acceptors (Lipinski definition) is 4. The van der Waals surface area contributed by atoms with E-state index in [1.165, 1.54) is 0 Å². The van der Waals surface area contributed by atoms with Crippen LogP contribution < -0.4 is 20.1 Å². The van der Waals surface area contributed by atoms with Crippen LogP contribution in [0.2, 0.25) is 0 Å². The summed E-state index contributed by atoms with van der Waals surface area (Å²) >= 11 is 0. The first kappa shape index (κ1) is 17.4. The Balaban J connectivity index is 2.09. The van der Waals surface area contributed by atoms with Crippen molar-refractivity contribution in [1.29, 1.82) is 0 Å². The predicted octanol–water partition coefficient (Wildman–Crippen LogP) is 2.39. The minimum Gasteiger partial charge on any atom is -0.493 e. The number of benzene rings is 1. The Kier molecular flexibility index (Phi) is 6.10. The molecule has 23 heavy (non-hydrogen) atoms. The van der Waals surface area contributed by atoms with Crippen LogP contribution in [0.4, 0.5) is 5.69 Å². The summed E-state index contributed by atoms with van der Waals surface area (Å²) in [5.74, 6) is 2.04. The first-order valence-corrected chi connectivity index (χ1v) is 8.19. The van der Waals surface area contributed by atoms with Crippen LogP contribution in [0.5, 0.6) is 11.5 Å². The van der Waals surface area contributed by atoms with Crippen LogP contribution in [0.1, 0.15) is 33.1 Å². The van der Waals surface area contributed by atoms with E-state index in [2.05, 4.69) is 15.6 Å². The van der Waals surface area contributed by atoms with E-state index in [1.807, 2.05) is 32.0 Å². The molecule has 1 aliphatic carbocycles. The third kappa shape index (κ3) is 4.76. The minimum absolute atomic E-state index is 0.413. The summed E-state index contributed by atoms with van der Waals surface area (Å²) in [5.41, 5.74) is 0.230. The van der Waals surface area contributed by atoms with Crippen LogP contribution in [-0.2, 0) is 0 Å². The molecule has 6 heteroatoms. The average molecular weight is 321 g/mol. The highest BCUT2D eigenvalue weighted by Gasteiger charge is 2.34. The summed E-state index contributed by atoms with van der Waals surface area (Å²) in [6.45, 7) is 5.68. The van der Waals surface area contributed by atoms with Gasteiger partial charge in [-0.2, -0.15) is 0 Å². The zero-order valence-corrected chi connectivity index (χ0v) is 14.2. The van der Waals surface area contributed by atoms with Crippen molar-refractivity contribution in [3.8, 4) is 11.5 Å². The number of ether oxygens (including phenoxy) is 2. The van der Waals surface area contributed by atoms with Crippen molar-refractivity contribution in [3.05, 3.63) is 18.2 Å². The van der Waals surface area contributed by atoms with Crippen LogP contribution >= 0.6 is 0 Å². The predicted molar refractivity (Wildman–Crippen MR) is 92.6 cm³/mol. The number of guanidine groups is 1. The monoisotopic (exact) mass is 321 g/mol. The van der Waals surface area contributed by atoms with Crippen molar-refractivity contribution >= 4 is 11.6 Å². The Bertz CT molecular complexity index is 542. The lowest BCUT2D eigenvalue weighted by Crippen LogP contribution is -2.41. The first-order chi connectivity index (χ1) is 11.1. The number of rotatable bonds is 7. The van der Waals surface area contributed by atoms with Crippen LogP contribution in [0.25, 0.3) is 0 Å². The van der Waals surface area contributed by atoms with Gasteiger partial charge in [-0.1, -0.05) is 0 Å². The Hall–Kier alpha value is -1.95. The Morgan fingerprint density at radius 2 is 2.09 bits per heavy atom. The van der Waals surface area contributed by atoms with Gasteiger partial charge in [0.25, 0.3) is 0 Å². The summed E-state index contributed by atoms with van der Waals surface area (Å²) in [6, 6.07) is 5.65. The molecule has 0 unspecified atom stereocenters. The van der Waals surface area contributed by atoms with Crippen molar-refractivity contribution in [3.63, 3.8) is 0 Å². The summed E-state index contributed by atoms with van der Waals surface area (Å²) in [5, 5.41) is 16.6. The van der Waals surface area contributed by atoms with Gasteiger partial charge in [0, 0.05) is 18.3 Å².